The maximum absolute atomic E-state index is 12.4. The number of carbonyl (C=O) groups is 1. The van der Waals surface area contributed by atoms with Crippen LogP contribution in [0.3, 0.4) is 0 Å². The number of nitrogens with one attached hydrogen (secondary N) is 1. The third-order valence-corrected chi connectivity index (χ3v) is 6.99. The molecule has 132 valence electrons. The van der Waals surface area contributed by atoms with Crippen molar-refractivity contribution in [3.8, 4) is 0 Å². The minimum atomic E-state index is -0.155. The number of carbonyl (C=O) groups excluding carboxylic acids is 1. The Kier molecular flexibility index (Phi) is 6.26. The predicted molar refractivity (Wildman–Crippen MR) is 108 cm³/mol. The van der Waals surface area contributed by atoms with Gasteiger partial charge in [0.05, 0.1) is 10.3 Å². The standard InChI is InChI=1S/C19H22N2O2S2/c1-2-10-21-13-16(8-9-17(21)22)20-18(23)14-4-6-15(7-5-14)19-24-11-3-12-25-19/h4-9,13,19H,2-3,10-12H2,1H3,(H,20,23). The Hall–Kier alpha value is -1.66. The van der Waals surface area contributed by atoms with E-state index < -0.39 is 0 Å². The molecule has 4 nitrogen and oxygen atoms in total. The highest BCUT2D eigenvalue weighted by Crippen LogP contribution is 2.43. The van der Waals surface area contributed by atoms with E-state index in [-0.39, 0.29) is 11.5 Å². The summed E-state index contributed by atoms with van der Waals surface area (Å²) in [7, 11) is 0. The van der Waals surface area contributed by atoms with Crippen molar-refractivity contribution in [1.82, 2.24) is 4.57 Å². The summed E-state index contributed by atoms with van der Waals surface area (Å²) >= 11 is 3.94. The second-order valence-electron chi connectivity index (χ2n) is 5.95. The second kappa shape index (κ2) is 8.63. The van der Waals surface area contributed by atoms with E-state index in [2.05, 4.69) is 5.32 Å². The molecule has 0 bridgehead atoms. The van der Waals surface area contributed by atoms with E-state index in [0.29, 0.717) is 22.4 Å². The Morgan fingerprint density at radius 1 is 1.16 bits per heavy atom. The van der Waals surface area contributed by atoms with Gasteiger partial charge in [-0.3, -0.25) is 9.59 Å². The van der Waals surface area contributed by atoms with E-state index in [9.17, 15) is 9.59 Å². The van der Waals surface area contributed by atoms with Gasteiger partial charge in [0.2, 0.25) is 0 Å². The zero-order valence-electron chi connectivity index (χ0n) is 14.2. The van der Waals surface area contributed by atoms with Gasteiger partial charge in [-0.15, -0.1) is 23.5 Å². The van der Waals surface area contributed by atoms with Crippen molar-refractivity contribution < 1.29 is 4.79 Å². The van der Waals surface area contributed by atoms with Gasteiger partial charge in [0.15, 0.2) is 0 Å². The number of aromatic nitrogens is 1. The van der Waals surface area contributed by atoms with E-state index in [1.807, 2.05) is 54.7 Å². The van der Waals surface area contributed by atoms with Crippen LogP contribution in [0.25, 0.3) is 0 Å². The summed E-state index contributed by atoms with van der Waals surface area (Å²) in [5.41, 5.74) is 2.48. The molecule has 2 aromatic rings. The van der Waals surface area contributed by atoms with Crippen LogP contribution < -0.4 is 10.9 Å². The van der Waals surface area contributed by atoms with Crippen LogP contribution in [-0.2, 0) is 6.54 Å². The molecule has 3 rings (SSSR count). The molecule has 1 aliphatic heterocycles. The molecule has 0 radical (unpaired) electrons. The molecule has 1 amide bonds. The number of rotatable bonds is 5. The van der Waals surface area contributed by atoms with E-state index >= 15 is 0 Å². The number of thioether (sulfide) groups is 2. The molecule has 1 aromatic heterocycles. The highest BCUT2D eigenvalue weighted by Gasteiger charge is 2.17. The average molecular weight is 375 g/mol. The van der Waals surface area contributed by atoms with Gasteiger partial charge in [0.1, 0.15) is 0 Å². The lowest BCUT2D eigenvalue weighted by Gasteiger charge is -2.21. The summed E-state index contributed by atoms with van der Waals surface area (Å²) in [5.74, 6) is 2.25. The predicted octanol–water partition coefficient (Wildman–Crippen LogP) is 4.38. The normalized spacial score (nSPS) is 15.1. The highest BCUT2D eigenvalue weighted by molar-refractivity contribution is 8.16. The summed E-state index contributed by atoms with van der Waals surface area (Å²) < 4.78 is 2.10. The Morgan fingerprint density at radius 2 is 1.88 bits per heavy atom. The van der Waals surface area contributed by atoms with Gasteiger partial charge in [-0.2, -0.15) is 0 Å². The molecule has 0 spiro atoms. The Morgan fingerprint density at radius 3 is 2.56 bits per heavy atom. The van der Waals surface area contributed by atoms with Crippen LogP contribution in [0.15, 0.2) is 47.4 Å². The van der Waals surface area contributed by atoms with Crippen molar-refractivity contribution in [2.75, 3.05) is 16.8 Å². The molecule has 2 heterocycles. The first-order valence-electron chi connectivity index (χ1n) is 8.52. The summed E-state index contributed by atoms with van der Waals surface area (Å²) in [4.78, 5) is 24.2. The first-order valence-corrected chi connectivity index (χ1v) is 10.6. The number of aryl methyl sites for hydroxylation is 1. The van der Waals surface area contributed by atoms with Crippen molar-refractivity contribution in [3.05, 3.63) is 64.1 Å². The van der Waals surface area contributed by atoms with Crippen molar-refractivity contribution in [3.63, 3.8) is 0 Å². The number of anilines is 1. The molecular formula is C19H22N2O2S2. The minimum absolute atomic E-state index is 0.0494. The number of nitrogens with zero attached hydrogens (tertiary/aromatic N) is 1. The van der Waals surface area contributed by atoms with E-state index in [0.717, 1.165) is 6.42 Å². The fraction of sp³-hybridized carbons (Fsp3) is 0.368. The van der Waals surface area contributed by atoms with Gasteiger partial charge in [-0.1, -0.05) is 19.1 Å². The van der Waals surface area contributed by atoms with Crippen LogP contribution in [0.1, 0.15) is 40.3 Å². The molecule has 6 heteroatoms. The topological polar surface area (TPSA) is 51.1 Å². The Bertz CT molecular complexity index is 781. The lowest BCUT2D eigenvalue weighted by Crippen LogP contribution is -2.20. The number of benzene rings is 1. The van der Waals surface area contributed by atoms with Crippen LogP contribution in [0.5, 0.6) is 0 Å². The van der Waals surface area contributed by atoms with Crippen LogP contribution >= 0.6 is 23.5 Å². The molecule has 0 unspecified atom stereocenters. The first kappa shape index (κ1) is 18.1. The first-order chi connectivity index (χ1) is 12.2. The van der Waals surface area contributed by atoms with Gasteiger partial charge in [0.25, 0.3) is 11.5 Å². The Labute approximate surface area is 156 Å². The van der Waals surface area contributed by atoms with Crippen molar-refractivity contribution in [2.45, 2.75) is 30.9 Å². The molecule has 1 N–H and O–H groups in total. The van der Waals surface area contributed by atoms with E-state index in [1.165, 1.54) is 29.6 Å². The fourth-order valence-corrected chi connectivity index (χ4v) is 5.59. The largest absolute Gasteiger partial charge is 0.321 e. The van der Waals surface area contributed by atoms with Crippen molar-refractivity contribution in [2.24, 2.45) is 0 Å². The van der Waals surface area contributed by atoms with Crippen LogP contribution in [0, 0.1) is 0 Å². The van der Waals surface area contributed by atoms with Gasteiger partial charge in [-0.25, -0.2) is 0 Å². The quantitative estimate of drug-likeness (QED) is 0.844. The number of pyridine rings is 1. The van der Waals surface area contributed by atoms with E-state index in [1.54, 1.807) is 16.8 Å². The van der Waals surface area contributed by atoms with Crippen molar-refractivity contribution >= 4 is 35.1 Å². The van der Waals surface area contributed by atoms with Gasteiger partial charge in [0, 0.05) is 24.4 Å². The Balaban J connectivity index is 1.68. The molecule has 1 fully saturated rings. The molecule has 0 aliphatic carbocycles. The van der Waals surface area contributed by atoms with Crippen LogP contribution in [0.4, 0.5) is 5.69 Å². The molecule has 25 heavy (non-hydrogen) atoms. The number of amides is 1. The summed E-state index contributed by atoms with van der Waals surface area (Å²) in [6.45, 7) is 2.66. The SMILES string of the molecule is CCCn1cc(NC(=O)c2ccc(C3SCCCS3)cc2)ccc1=O. The number of hydrogen-bond acceptors (Lipinski definition) is 4. The molecular weight excluding hydrogens is 352 g/mol. The average Bonchev–Trinajstić information content (AvgIpc) is 2.65. The minimum Gasteiger partial charge on any atom is -0.321 e. The van der Waals surface area contributed by atoms with E-state index in [4.69, 9.17) is 0 Å². The third kappa shape index (κ3) is 4.70. The monoisotopic (exact) mass is 374 g/mol. The lowest BCUT2D eigenvalue weighted by atomic mass is 10.1. The molecule has 0 saturated carbocycles. The smallest absolute Gasteiger partial charge is 0.255 e. The summed E-state index contributed by atoms with van der Waals surface area (Å²) in [6.07, 6.45) is 3.84. The highest BCUT2D eigenvalue weighted by atomic mass is 32.2. The zero-order chi connectivity index (χ0) is 17.6. The third-order valence-electron chi connectivity index (χ3n) is 3.98. The zero-order valence-corrected chi connectivity index (χ0v) is 15.9. The molecule has 1 aromatic carbocycles. The molecule has 1 saturated heterocycles. The maximum Gasteiger partial charge on any atom is 0.255 e. The maximum atomic E-state index is 12.4. The lowest BCUT2D eigenvalue weighted by molar-refractivity contribution is 0.102. The second-order valence-corrected chi connectivity index (χ2v) is 8.68. The van der Waals surface area contributed by atoms with Gasteiger partial charge >= 0.3 is 0 Å². The van der Waals surface area contributed by atoms with Crippen molar-refractivity contribution in [1.29, 1.82) is 0 Å². The number of hydrogen-bond donors (Lipinski definition) is 1. The summed E-state index contributed by atoms with van der Waals surface area (Å²) in [5, 5.41) is 2.87. The molecule has 0 atom stereocenters. The molecule has 1 aliphatic rings. The van der Waals surface area contributed by atoms with Crippen LogP contribution in [0.2, 0.25) is 0 Å². The van der Waals surface area contributed by atoms with Gasteiger partial charge < -0.3 is 9.88 Å². The van der Waals surface area contributed by atoms with Crippen LogP contribution in [-0.4, -0.2) is 22.0 Å². The van der Waals surface area contributed by atoms with Gasteiger partial charge in [-0.05, 0) is 48.1 Å². The fourth-order valence-electron chi connectivity index (χ4n) is 2.70. The summed E-state index contributed by atoms with van der Waals surface area (Å²) in [6, 6.07) is 11.0.